The van der Waals surface area contributed by atoms with E-state index in [9.17, 15) is 0 Å². The van der Waals surface area contributed by atoms with Gasteiger partial charge in [-0.3, -0.25) is 0 Å². The van der Waals surface area contributed by atoms with Gasteiger partial charge in [0.05, 0.1) is 0 Å². The molecule has 0 radical (unpaired) electrons. The molecule has 0 fully saturated rings. The first-order chi connectivity index (χ1) is 12.0. The molecule has 25 heavy (non-hydrogen) atoms. The number of hydrogen-bond donors (Lipinski definition) is 0. The van der Waals surface area contributed by atoms with E-state index >= 15 is 0 Å². The molecule has 0 heteroatoms. The predicted molar refractivity (Wildman–Crippen MR) is 112 cm³/mol. The average molecular weight is 333 g/mol. The van der Waals surface area contributed by atoms with E-state index < -0.39 is 0 Å². The van der Waals surface area contributed by atoms with Gasteiger partial charge in [0.1, 0.15) is 0 Å². The Kier molecular flexibility index (Phi) is 10.1. The van der Waals surface area contributed by atoms with Gasteiger partial charge in [-0.25, -0.2) is 0 Å². The van der Waals surface area contributed by atoms with Gasteiger partial charge in [-0.1, -0.05) is 68.2 Å². The summed E-state index contributed by atoms with van der Waals surface area (Å²) in [6.45, 7) is 11.9. The lowest BCUT2D eigenvalue weighted by Crippen LogP contribution is -1.94. The number of unbranched alkanes of at least 4 members (excludes halogenated alkanes) is 1. The zero-order valence-corrected chi connectivity index (χ0v) is 16.3. The van der Waals surface area contributed by atoms with Crippen molar-refractivity contribution in [1.82, 2.24) is 0 Å². The van der Waals surface area contributed by atoms with Crippen LogP contribution < -0.4 is 0 Å². The van der Waals surface area contributed by atoms with Crippen molar-refractivity contribution < 1.29 is 0 Å². The minimum atomic E-state index is 0.725. The summed E-state index contributed by atoms with van der Waals surface area (Å²) >= 11 is 0. The molecule has 0 amide bonds. The molecule has 0 saturated carbocycles. The Morgan fingerprint density at radius 1 is 1.04 bits per heavy atom. The summed E-state index contributed by atoms with van der Waals surface area (Å²) in [7, 11) is 0. The largest absolute Gasteiger partial charge is 0.103 e. The molecule has 0 aliphatic carbocycles. The highest BCUT2D eigenvalue weighted by Crippen LogP contribution is 2.11. The molecule has 0 heterocycles. The first-order valence-corrected chi connectivity index (χ1v) is 9.25. The van der Waals surface area contributed by atoms with Crippen LogP contribution in [0.25, 0.3) is 0 Å². The number of benzene rings is 2. The molecule has 0 N–H and O–H groups in total. The zero-order valence-electron chi connectivity index (χ0n) is 16.3. The molecule has 0 aliphatic rings. The minimum Gasteiger partial charge on any atom is -0.103 e. The Bertz CT molecular complexity index is 678. The second-order valence-electron chi connectivity index (χ2n) is 6.85. The maximum atomic E-state index is 3.36. The summed E-state index contributed by atoms with van der Waals surface area (Å²) in [5.74, 6) is 7.26. The second-order valence-corrected chi connectivity index (χ2v) is 6.85. The molecule has 0 spiro atoms. The number of allylic oxidation sites excluding steroid dienone is 1. The lowest BCUT2D eigenvalue weighted by atomic mass is 10.0. The molecule has 0 unspecified atom stereocenters. The van der Waals surface area contributed by atoms with Gasteiger partial charge >= 0.3 is 0 Å². The summed E-state index contributed by atoms with van der Waals surface area (Å²) in [6, 6.07) is 17.5. The van der Waals surface area contributed by atoms with Crippen molar-refractivity contribution in [2.75, 3.05) is 0 Å². The van der Waals surface area contributed by atoms with Crippen LogP contribution in [0.1, 0.15) is 55.9 Å². The number of hydrogen-bond acceptors (Lipinski definition) is 0. The monoisotopic (exact) mass is 332 g/mol. The zero-order chi connectivity index (χ0) is 18.5. The highest BCUT2D eigenvalue weighted by molar-refractivity contribution is 5.36. The van der Waals surface area contributed by atoms with Gasteiger partial charge < -0.3 is 0 Å². The molecular formula is C25H32. The van der Waals surface area contributed by atoms with Crippen LogP contribution >= 0.6 is 0 Å². The van der Waals surface area contributed by atoms with Crippen molar-refractivity contribution in [3.8, 4) is 11.8 Å². The lowest BCUT2D eigenvalue weighted by molar-refractivity contribution is 0.647. The van der Waals surface area contributed by atoms with Crippen LogP contribution in [-0.4, -0.2) is 0 Å². The van der Waals surface area contributed by atoms with E-state index in [4.69, 9.17) is 0 Å². The van der Waals surface area contributed by atoms with Gasteiger partial charge in [-0.15, -0.1) is 6.58 Å². The smallest absolute Gasteiger partial charge is 0.0247 e. The van der Waals surface area contributed by atoms with Crippen LogP contribution in [0, 0.1) is 24.7 Å². The lowest BCUT2D eigenvalue weighted by Gasteiger charge is -2.06. The van der Waals surface area contributed by atoms with Crippen LogP contribution in [0.15, 0.2) is 61.2 Å². The molecule has 132 valence electrons. The Balaban J connectivity index is 0.000000970. The first-order valence-electron chi connectivity index (χ1n) is 9.25. The standard InChI is InChI=1S/C22H26.C3H6/c1-18(2)16-22-14-12-20(13-15-22)9-5-4-6-10-21-11-7-8-19(3)17-21;1-3-2/h7-8,11-15,17-18H,4-5,9,16H2,1-3H3;3H,1H2,2H3. The van der Waals surface area contributed by atoms with Crippen LogP contribution in [-0.2, 0) is 12.8 Å². The van der Waals surface area contributed by atoms with Crippen molar-refractivity contribution in [2.24, 2.45) is 5.92 Å². The molecule has 0 nitrogen and oxygen atoms in total. The molecule has 0 saturated heterocycles. The van der Waals surface area contributed by atoms with E-state index in [1.54, 1.807) is 6.08 Å². The van der Waals surface area contributed by atoms with Crippen LogP contribution in [0.4, 0.5) is 0 Å². The van der Waals surface area contributed by atoms with Gasteiger partial charge in [0.25, 0.3) is 0 Å². The summed E-state index contributed by atoms with van der Waals surface area (Å²) in [5, 5.41) is 0. The molecule has 2 rings (SSSR count). The van der Waals surface area contributed by atoms with Gasteiger partial charge in [0, 0.05) is 12.0 Å². The van der Waals surface area contributed by atoms with Crippen molar-refractivity contribution in [3.05, 3.63) is 83.4 Å². The summed E-state index contributed by atoms with van der Waals surface area (Å²) in [5.41, 5.74) is 5.26. The van der Waals surface area contributed by atoms with Crippen LogP contribution in [0.5, 0.6) is 0 Å². The highest BCUT2D eigenvalue weighted by Gasteiger charge is 1.98. The second kappa shape index (κ2) is 12.2. The Morgan fingerprint density at radius 2 is 1.68 bits per heavy atom. The molecule has 2 aromatic carbocycles. The van der Waals surface area contributed by atoms with E-state index in [0.29, 0.717) is 0 Å². The summed E-state index contributed by atoms with van der Waals surface area (Å²) < 4.78 is 0. The van der Waals surface area contributed by atoms with E-state index in [1.165, 1.54) is 23.1 Å². The van der Waals surface area contributed by atoms with Crippen LogP contribution in [0.3, 0.4) is 0 Å². The third kappa shape index (κ3) is 9.58. The Hall–Kier alpha value is -2.26. The van der Waals surface area contributed by atoms with Crippen LogP contribution in [0.2, 0.25) is 0 Å². The maximum absolute atomic E-state index is 3.36. The highest BCUT2D eigenvalue weighted by atomic mass is 14.0. The third-order valence-electron chi connectivity index (χ3n) is 3.68. The van der Waals surface area contributed by atoms with Crippen molar-refractivity contribution in [2.45, 2.75) is 53.4 Å². The van der Waals surface area contributed by atoms with E-state index in [0.717, 1.165) is 30.7 Å². The van der Waals surface area contributed by atoms with E-state index in [1.807, 2.05) is 6.92 Å². The van der Waals surface area contributed by atoms with Gasteiger partial charge in [0.15, 0.2) is 0 Å². The van der Waals surface area contributed by atoms with Crippen molar-refractivity contribution in [1.29, 1.82) is 0 Å². The summed E-state index contributed by atoms with van der Waals surface area (Å²) in [6.07, 6.45) is 6.12. The molecule has 0 bridgehead atoms. The molecule has 0 atom stereocenters. The van der Waals surface area contributed by atoms with Crippen molar-refractivity contribution in [3.63, 3.8) is 0 Å². The third-order valence-corrected chi connectivity index (χ3v) is 3.68. The van der Waals surface area contributed by atoms with Crippen molar-refractivity contribution >= 4 is 0 Å². The average Bonchev–Trinajstić information content (AvgIpc) is 2.56. The minimum absolute atomic E-state index is 0.725. The topological polar surface area (TPSA) is 0 Å². The van der Waals surface area contributed by atoms with E-state index in [-0.39, 0.29) is 0 Å². The molecule has 0 aromatic heterocycles. The fourth-order valence-corrected chi connectivity index (χ4v) is 2.58. The fraction of sp³-hybridized carbons (Fsp3) is 0.360. The van der Waals surface area contributed by atoms with Gasteiger partial charge in [0.2, 0.25) is 0 Å². The maximum Gasteiger partial charge on any atom is 0.0247 e. The van der Waals surface area contributed by atoms with E-state index in [2.05, 4.69) is 87.7 Å². The van der Waals surface area contributed by atoms with Gasteiger partial charge in [-0.05, 0) is 67.9 Å². The normalized spacial score (nSPS) is 9.64. The van der Waals surface area contributed by atoms with Gasteiger partial charge in [-0.2, -0.15) is 0 Å². The predicted octanol–water partition coefficient (Wildman–Crippen LogP) is 6.76. The number of rotatable bonds is 5. The summed E-state index contributed by atoms with van der Waals surface area (Å²) in [4.78, 5) is 0. The Morgan fingerprint density at radius 3 is 2.28 bits per heavy atom. The molecule has 0 aliphatic heterocycles. The first kappa shape index (κ1) is 20.8. The Labute approximate surface area is 155 Å². The number of aryl methyl sites for hydroxylation is 2. The molecule has 2 aromatic rings. The fourth-order valence-electron chi connectivity index (χ4n) is 2.58. The quantitative estimate of drug-likeness (QED) is 0.322. The molecular weight excluding hydrogens is 300 g/mol. The SMILES string of the molecule is C=CC.Cc1cccc(C#CCCCc2ccc(CC(C)C)cc2)c1.